The summed E-state index contributed by atoms with van der Waals surface area (Å²) < 4.78 is 21.2. The van der Waals surface area contributed by atoms with E-state index in [1.165, 1.54) is 0 Å². The molecule has 2 heterocycles. The normalized spacial score (nSPS) is 17.9. The van der Waals surface area contributed by atoms with Crippen LogP contribution in [0, 0.1) is 0 Å². The number of rotatable bonds is 3. The van der Waals surface area contributed by atoms with E-state index in [2.05, 4.69) is 20.9 Å². The summed E-state index contributed by atoms with van der Waals surface area (Å²) in [6, 6.07) is 1.96. The molecule has 4 nitrogen and oxygen atoms in total. The Morgan fingerprint density at radius 1 is 1.39 bits per heavy atom. The zero-order valence-corrected chi connectivity index (χ0v) is 15.5. The molecule has 0 N–H and O–H groups in total. The first-order chi connectivity index (χ1) is 10.7. The predicted molar refractivity (Wildman–Crippen MR) is 91.1 cm³/mol. The van der Waals surface area contributed by atoms with Crippen LogP contribution in [0.2, 0.25) is 0 Å². The van der Waals surface area contributed by atoms with Crippen molar-refractivity contribution in [1.82, 2.24) is 9.88 Å². The molecular formula is C17H24BrFN2O2. The zero-order valence-electron chi connectivity index (χ0n) is 13.9. The molecule has 0 spiro atoms. The van der Waals surface area contributed by atoms with Crippen molar-refractivity contribution in [3.05, 3.63) is 28.5 Å². The van der Waals surface area contributed by atoms with Gasteiger partial charge in [-0.2, -0.15) is 0 Å². The van der Waals surface area contributed by atoms with Crippen molar-refractivity contribution in [3.8, 4) is 0 Å². The number of carbonyl (C=O) groups is 1. The van der Waals surface area contributed by atoms with Gasteiger partial charge in [0.05, 0.1) is 0 Å². The predicted octanol–water partition coefficient (Wildman–Crippen LogP) is 4.52. The number of ether oxygens (including phenoxy) is 1. The third kappa shape index (κ3) is 5.75. The standard InChI is InChI=1S/C17H24BrFN2O2/c1-16(2,3)23-15(22)21-8-6-17(19,7-9-21)5-4-13-10-14(18)12-20-11-13/h10-12H,4-9H2,1-3H3. The van der Waals surface area contributed by atoms with Gasteiger partial charge >= 0.3 is 6.09 Å². The van der Waals surface area contributed by atoms with Gasteiger partial charge in [-0.1, -0.05) is 0 Å². The third-order valence-electron chi connectivity index (χ3n) is 3.93. The number of aryl methyl sites for hydroxylation is 1. The van der Waals surface area contributed by atoms with Crippen LogP contribution in [0.25, 0.3) is 0 Å². The molecule has 0 bridgehead atoms. The van der Waals surface area contributed by atoms with Gasteiger partial charge in [0.15, 0.2) is 0 Å². The highest BCUT2D eigenvalue weighted by Gasteiger charge is 2.36. The van der Waals surface area contributed by atoms with Crippen LogP contribution >= 0.6 is 15.9 Å². The molecule has 1 aliphatic rings. The molecule has 0 aliphatic carbocycles. The van der Waals surface area contributed by atoms with Crippen molar-refractivity contribution in [3.63, 3.8) is 0 Å². The van der Waals surface area contributed by atoms with Gasteiger partial charge in [-0.05, 0) is 74.0 Å². The van der Waals surface area contributed by atoms with Crippen molar-refractivity contribution in [2.75, 3.05) is 13.1 Å². The van der Waals surface area contributed by atoms with Gasteiger partial charge in [-0.15, -0.1) is 0 Å². The maximum absolute atomic E-state index is 14.9. The minimum atomic E-state index is -1.22. The Morgan fingerprint density at radius 3 is 2.61 bits per heavy atom. The maximum Gasteiger partial charge on any atom is 0.410 e. The molecule has 1 aromatic heterocycles. The van der Waals surface area contributed by atoms with Crippen molar-refractivity contribution in [2.45, 2.75) is 57.7 Å². The lowest BCUT2D eigenvalue weighted by Crippen LogP contribution is -2.46. The SMILES string of the molecule is CC(C)(C)OC(=O)N1CCC(F)(CCc2cncc(Br)c2)CC1. The largest absolute Gasteiger partial charge is 0.444 e. The summed E-state index contributed by atoms with van der Waals surface area (Å²) in [5.41, 5.74) is -0.721. The molecular weight excluding hydrogens is 363 g/mol. The van der Waals surface area contributed by atoms with Gasteiger partial charge in [0.2, 0.25) is 0 Å². The zero-order chi connectivity index (χ0) is 17.1. The number of amides is 1. The summed E-state index contributed by atoms with van der Waals surface area (Å²) in [6.07, 6.45) is 4.94. The van der Waals surface area contributed by atoms with Crippen molar-refractivity contribution < 1.29 is 13.9 Å². The van der Waals surface area contributed by atoms with Crippen molar-refractivity contribution in [2.24, 2.45) is 0 Å². The van der Waals surface area contributed by atoms with Crippen LogP contribution in [0.15, 0.2) is 22.9 Å². The Labute approximate surface area is 145 Å². The highest BCUT2D eigenvalue weighted by Crippen LogP contribution is 2.32. The van der Waals surface area contributed by atoms with Gasteiger partial charge in [-0.3, -0.25) is 4.98 Å². The van der Waals surface area contributed by atoms with Gasteiger partial charge in [0.25, 0.3) is 0 Å². The summed E-state index contributed by atoms with van der Waals surface area (Å²) in [4.78, 5) is 17.7. The maximum atomic E-state index is 14.9. The smallest absolute Gasteiger partial charge is 0.410 e. The summed E-state index contributed by atoms with van der Waals surface area (Å²) in [5, 5.41) is 0. The monoisotopic (exact) mass is 386 g/mol. The summed E-state index contributed by atoms with van der Waals surface area (Å²) in [5.74, 6) is 0. The van der Waals surface area contributed by atoms with Crippen LogP contribution in [-0.2, 0) is 11.2 Å². The summed E-state index contributed by atoms with van der Waals surface area (Å²) in [7, 11) is 0. The molecule has 0 unspecified atom stereocenters. The number of aromatic nitrogens is 1. The van der Waals surface area contributed by atoms with E-state index < -0.39 is 11.3 Å². The molecule has 1 fully saturated rings. The number of carbonyl (C=O) groups excluding carboxylic acids is 1. The molecule has 0 atom stereocenters. The van der Waals surface area contributed by atoms with E-state index in [1.54, 1.807) is 17.3 Å². The average Bonchev–Trinajstić information content (AvgIpc) is 2.44. The highest BCUT2D eigenvalue weighted by molar-refractivity contribution is 9.10. The van der Waals surface area contributed by atoms with Crippen LogP contribution in [0.5, 0.6) is 0 Å². The molecule has 6 heteroatoms. The molecule has 23 heavy (non-hydrogen) atoms. The number of halogens is 2. The average molecular weight is 387 g/mol. The van der Waals surface area contributed by atoms with E-state index in [0.29, 0.717) is 38.8 Å². The molecule has 1 aliphatic heterocycles. The first-order valence-electron chi connectivity index (χ1n) is 7.93. The molecule has 1 amide bonds. The van der Waals surface area contributed by atoms with E-state index in [9.17, 15) is 9.18 Å². The van der Waals surface area contributed by atoms with E-state index >= 15 is 0 Å². The van der Waals surface area contributed by atoms with E-state index in [4.69, 9.17) is 4.74 Å². The molecule has 1 saturated heterocycles. The van der Waals surface area contributed by atoms with Gasteiger partial charge in [-0.25, -0.2) is 9.18 Å². The van der Waals surface area contributed by atoms with Crippen LogP contribution in [-0.4, -0.2) is 40.3 Å². The topological polar surface area (TPSA) is 42.4 Å². The van der Waals surface area contributed by atoms with Crippen LogP contribution in [0.4, 0.5) is 9.18 Å². The lowest BCUT2D eigenvalue weighted by molar-refractivity contribution is 0.00155. The van der Waals surface area contributed by atoms with E-state index in [0.717, 1.165) is 10.0 Å². The number of nitrogens with zero attached hydrogens (tertiary/aromatic N) is 2. The second-order valence-corrected chi connectivity index (χ2v) is 8.05. The molecule has 1 aromatic rings. The molecule has 0 saturated carbocycles. The van der Waals surface area contributed by atoms with Crippen molar-refractivity contribution >= 4 is 22.0 Å². The van der Waals surface area contributed by atoms with Crippen molar-refractivity contribution in [1.29, 1.82) is 0 Å². The molecule has 2 rings (SSSR count). The molecule has 0 aromatic carbocycles. The lowest BCUT2D eigenvalue weighted by Gasteiger charge is -2.37. The number of hydrogen-bond donors (Lipinski definition) is 0. The number of alkyl halides is 1. The van der Waals surface area contributed by atoms with Gasteiger partial charge < -0.3 is 9.64 Å². The Balaban J connectivity index is 1.83. The fraction of sp³-hybridized carbons (Fsp3) is 0.647. The van der Waals surface area contributed by atoms with Crippen LogP contribution < -0.4 is 0 Å². The van der Waals surface area contributed by atoms with Gasteiger partial charge in [0, 0.05) is 30.0 Å². The number of hydrogen-bond acceptors (Lipinski definition) is 3. The first-order valence-corrected chi connectivity index (χ1v) is 8.72. The minimum absolute atomic E-state index is 0.351. The van der Waals surface area contributed by atoms with Crippen LogP contribution in [0.3, 0.4) is 0 Å². The van der Waals surface area contributed by atoms with Gasteiger partial charge in [0.1, 0.15) is 11.3 Å². The molecule has 0 radical (unpaired) electrons. The molecule has 128 valence electrons. The van der Waals surface area contributed by atoms with E-state index in [1.807, 2.05) is 26.8 Å². The Kier molecular flexibility index (Phi) is 5.65. The quantitative estimate of drug-likeness (QED) is 0.766. The fourth-order valence-electron chi connectivity index (χ4n) is 2.63. The van der Waals surface area contributed by atoms with E-state index in [-0.39, 0.29) is 6.09 Å². The second kappa shape index (κ2) is 7.16. The summed E-state index contributed by atoms with van der Waals surface area (Å²) in [6.45, 7) is 6.31. The lowest BCUT2D eigenvalue weighted by atomic mass is 9.88. The highest BCUT2D eigenvalue weighted by atomic mass is 79.9. The number of piperidine rings is 1. The first kappa shape index (κ1) is 18.2. The Morgan fingerprint density at radius 2 is 2.04 bits per heavy atom. The Bertz CT molecular complexity index is 552. The minimum Gasteiger partial charge on any atom is -0.444 e. The fourth-order valence-corrected chi connectivity index (χ4v) is 3.04. The Hall–Kier alpha value is -1.17. The third-order valence-corrected chi connectivity index (χ3v) is 4.37. The van der Waals surface area contributed by atoms with Crippen LogP contribution in [0.1, 0.15) is 45.6 Å². The number of pyridine rings is 1. The number of likely N-dealkylation sites (tertiary alicyclic amines) is 1. The second-order valence-electron chi connectivity index (χ2n) is 7.13. The summed E-state index contributed by atoms with van der Waals surface area (Å²) >= 11 is 3.37.